The predicted molar refractivity (Wildman–Crippen MR) is 332 cm³/mol. The Morgan fingerprint density at radius 1 is 0.398 bits per heavy atom. The Morgan fingerprint density at radius 2 is 0.663 bits per heavy atom. The summed E-state index contributed by atoms with van der Waals surface area (Å²) in [6.07, 6.45) is 34.7. The molecule has 4 heterocycles. The molecule has 2 aliphatic carbocycles. The van der Waals surface area contributed by atoms with Crippen LogP contribution in [0.25, 0.3) is 0 Å². The van der Waals surface area contributed by atoms with Crippen molar-refractivity contribution in [2.45, 2.75) is 355 Å². The van der Waals surface area contributed by atoms with Gasteiger partial charge in [-0.05, 0) is 144 Å². The summed E-state index contributed by atoms with van der Waals surface area (Å²) in [5.41, 5.74) is -2.04. The van der Waals surface area contributed by atoms with Gasteiger partial charge in [0.15, 0.2) is 11.6 Å². The lowest BCUT2D eigenvalue weighted by Gasteiger charge is -2.59. The molecule has 0 aromatic heterocycles. The van der Waals surface area contributed by atoms with E-state index in [2.05, 4.69) is 107 Å². The number of carbonyl (C=O) groups is 2. The van der Waals surface area contributed by atoms with E-state index >= 15 is 0 Å². The summed E-state index contributed by atoms with van der Waals surface area (Å²) in [5.74, 6) is -0.304. The van der Waals surface area contributed by atoms with Crippen LogP contribution in [0.1, 0.15) is 309 Å². The quantitative estimate of drug-likeness (QED) is 0.0481. The Morgan fingerprint density at radius 3 is 0.928 bits per heavy atom. The zero-order valence-electron chi connectivity index (χ0n) is 56.1. The molecule has 0 unspecified atom stereocenters. The monoisotopic (exact) mass is 1180 g/mol. The minimum atomic E-state index is -0.720. The van der Waals surface area contributed by atoms with E-state index in [1.54, 1.807) is 0 Å². The van der Waals surface area contributed by atoms with Gasteiger partial charge in [0.1, 0.15) is 25.4 Å². The first-order valence-electron chi connectivity index (χ1n) is 34.6. The second-order valence-electron chi connectivity index (χ2n) is 29.6. The summed E-state index contributed by atoms with van der Waals surface area (Å²) in [6, 6.07) is 0. The van der Waals surface area contributed by atoms with Gasteiger partial charge in [-0.3, -0.25) is 9.68 Å². The van der Waals surface area contributed by atoms with Crippen molar-refractivity contribution in [1.29, 1.82) is 0 Å². The lowest BCUT2D eigenvalue weighted by molar-refractivity contribution is -0.384. The molecule has 6 rings (SSSR count). The minimum absolute atomic E-state index is 0.146. The molecule has 4 aliphatic heterocycles. The first-order chi connectivity index (χ1) is 39.5. The molecule has 486 valence electrons. The number of carbonyl (C=O) groups excluding carboxylic acids is 2. The molecule has 0 N–H and O–H groups in total. The molecule has 0 radical (unpaired) electrons. The van der Waals surface area contributed by atoms with E-state index in [-0.39, 0.29) is 47.6 Å². The molecule has 0 aromatic rings. The van der Waals surface area contributed by atoms with E-state index in [1.807, 2.05) is 0 Å². The summed E-state index contributed by atoms with van der Waals surface area (Å²) in [6.45, 7) is 34.5. The largest absolute Gasteiger partial charge is 0.508 e. The molecular weight excluding hydrogens is 1050 g/mol. The van der Waals surface area contributed by atoms with Crippen molar-refractivity contribution in [1.82, 2.24) is 10.1 Å². The summed E-state index contributed by atoms with van der Waals surface area (Å²) >= 11 is 0. The van der Waals surface area contributed by atoms with E-state index in [9.17, 15) is 9.59 Å². The summed E-state index contributed by atoms with van der Waals surface area (Å²) in [4.78, 5) is 39.4. The normalized spacial score (nSPS) is 26.8. The smallest absolute Gasteiger partial charge is 0.434 e. The van der Waals surface area contributed by atoms with E-state index in [0.717, 1.165) is 90.3 Å². The van der Waals surface area contributed by atoms with E-state index < -0.39 is 34.7 Å². The standard InChI is InChI=1S/C66H120N2O12.C3H8/c1-13-17-19-21-23-25-27-29-31-41-77-67-59(5,6)43-65(44-60(67,7)8)73-49-63(15-3,50-74-65)47-71-57(69)79-55-37-33-53(34-38-55)54-35-39-56(40-36-54)80-58(70)72-48-64(16-4)51-75-66(76-52-64)45-61(9,10)68(62(11,12)46-66)78-42-32-30-28-26-24-22-20-18-14-2;1-3-2/h53-56H,13-52H2,1-12H3;3H2,1-2H3. The van der Waals surface area contributed by atoms with Crippen LogP contribution in [0, 0.1) is 22.7 Å². The molecule has 14 heteroatoms. The molecule has 0 amide bonds. The Bertz CT molecular complexity index is 1640. The SMILES string of the molecule is CCC.CCCCCCCCCCCON1C(C)(C)CC2(CC1(C)C)OCC(CC)(COC(=O)OC1CCC(C3CCC(OC(=O)OCC4(CC)COC5(CC(C)(C)N(OCCCCCCCCCCC)C(C)(C)C5)OC4)CC3)CC1)CO2. The van der Waals surface area contributed by atoms with Gasteiger partial charge in [-0.25, -0.2) is 9.59 Å². The van der Waals surface area contributed by atoms with Gasteiger partial charge in [-0.1, -0.05) is 151 Å². The second kappa shape index (κ2) is 34.3. The number of ether oxygens (including phenoxy) is 8. The van der Waals surface area contributed by atoms with Crippen LogP contribution in [0.2, 0.25) is 0 Å². The average Bonchev–Trinajstić information content (AvgIpc) is 2.79. The number of nitrogens with zero attached hydrogens (tertiary/aromatic N) is 2. The van der Waals surface area contributed by atoms with Crippen LogP contribution in [0.5, 0.6) is 0 Å². The molecule has 2 saturated carbocycles. The zero-order valence-corrected chi connectivity index (χ0v) is 56.1. The first-order valence-corrected chi connectivity index (χ1v) is 34.6. The fraction of sp³-hybridized carbons (Fsp3) is 0.971. The lowest BCUT2D eigenvalue weighted by atomic mass is 9.72. The van der Waals surface area contributed by atoms with Gasteiger partial charge in [-0.15, -0.1) is 0 Å². The van der Waals surface area contributed by atoms with Crippen molar-refractivity contribution in [2.24, 2.45) is 22.7 Å². The van der Waals surface area contributed by atoms with E-state index in [1.165, 1.54) is 109 Å². The molecule has 6 fully saturated rings. The Labute approximate surface area is 507 Å². The maximum Gasteiger partial charge on any atom is 0.508 e. The van der Waals surface area contributed by atoms with Crippen LogP contribution >= 0.6 is 0 Å². The molecule has 2 spiro atoms. The highest BCUT2D eigenvalue weighted by molar-refractivity contribution is 5.60. The molecule has 83 heavy (non-hydrogen) atoms. The maximum atomic E-state index is 13.2. The zero-order chi connectivity index (χ0) is 60.7. The van der Waals surface area contributed by atoms with Crippen molar-refractivity contribution in [3.8, 4) is 0 Å². The number of hydrogen-bond acceptors (Lipinski definition) is 14. The predicted octanol–water partition coefficient (Wildman–Crippen LogP) is 18.3. The third kappa shape index (κ3) is 22.3. The fourth-order valence-corrected chi connectivity index (χ4v) is 15.1. The van der Waals surface area contributed by atoms with Crippen LogP contribution in [0.4, 0.5) is 9.59 Å². The Balaban J connectivity index is 0.00000411. The highest BCUT2D eigenvalue weighted by Crippen LogP contribution is 2.51. The second-order valence-corrected chi connectivity index (χ2v) is 29.6. The summed E-state index contributed by atoms with van der Waals surface area (Å²) < 4.78 is 50.5. The maximum absolute atomic E-state index is 13.2. The Hall–Kier alpha value is -1.78. The lowest BCUT2D eigenvalue weighted by Crippen LogP contribution is -2.68. The van der Waals surface area contributed by atoms with Gasteiger partial charge in [0.05, 0.1) is 50.5 Å². The Kier molecular flexibility index (Phi) is 29.7. The minimum Gasteiger partial charge on any atom is -0.434 e. The van der Waals surface area contributed by atoms with Gasteiger partial charge < -0.3 is 37.9 Å². The van der Waals surface area contributed by atoms with Gasteiger partial charge >= 0.3 is 12.3 Å². The van der Waals surface area contributed by atoms with Gasteiger partial charge in [0.2, 0.25) is 0 Å². The fourth-order valence-electron chi connectivity index (χ4n) is 15.1. The van der Waals surface area contributed by atoms with Crippen LogP contribution < -0.4 is 0 Å². The molecular formula is C69H128N2O12. The summed E-state index contributed by atoms with van der Waals surface area (Å²) in [7, 11) is 0. The number of unbranched alkanes of at least 4 members (excludes halogenated alkanes) is 16. The molecule has 0 aromatic carbocycles. The van der Waals surface area contributed by atoms with Crippen LogP contribution in [-0.2, 0) is 47.6 Å². The molecule has 6 aliphatic rings. The van der Waals surface area contributed by atoms with Crippen molar-refractivity contribution >= 4 is 12.3 Å². The molecule has 0 bridgehead atoms. The van der Waals surface area contributed by atoms with Crippen LogP contribution in [0.15, 0.2) is 0 Å². The topological polar surface area (TPSA) is 133 Å². The number of piperidine rings is 2. The van der Waals surface area contributed by atoms with Crippen molar-refractivity contribution in [3.63, 3.8) is 0 Å². The number of hydroxylamine groups is 4. The van der Waals surface area contributed by atoms with Crippen molar-refractivity contribution in [3.05, 3.63) is 0 Å². The van der Waals surface area contributed by atoms with E-state index in [4.69, 9.17) is 47.6 Å². The van der Waals surface area contributed by atoms with E-state index in [0.29, 0.717) is 63.9 Å². The van der Waals surface area contributed by atoms with Gasteiger partial charge in [-0.2, -0.15) is 10.1 Å². The molecule has 0 atom stereocenters. The molecule has 4 saturated heterocycles. The number of rotatable bonds is 31. The van der Waals surface area contributed by atoms with Crippen molar-refractivity contribution in [2.75, 3.05) is 52.9 Å². The highest BCUT2D eigenvalue weighted by atomic mass is 16.8. The van der Waals surface area contributed by atoms with Gasteiger partial charge in [0, 0.05) is 47.8 Å². The highest BCUT2D eigenvalue weighted by Gasteiger charge is 2.59. The summed E-state index contributed by atoms with van der Waals surface area (Å²) in [5, 5.41) is 4.41. The third-order valence-electron chi connectivity index (χ3n) is 19.6. The van der Waals surface area contributed by atoms with Crippen LogP contribution in [-0.4, -0.2) is 121 Å². The van der Waals surface area contributed by atoms with Crippen LogP contribution in [0.3, 0.4) is 0 Å². The molecule has 14 nitrogen and oxygen atoms in total. The first kappa shape index (κ1) is 72.0. The average molecular weight is 1180 g/mol. The third-order valence-corrected chi connectivity index (χ3v) is 19.6. The van der Waals surface area contributed by atoms with Crippen molar-refractivity contribution < 1.29 is 57.2 Å². The van der Waals surface area contributed by atoms with Gasteiger partial charge in [0.25, 0.3) is 0 Å². The number of hydrogen-bond donors (Lipinski definition) is 0.